The van der Waals surface area contributed by atoms with E-state index in [-0.39, 0.29) is 12.4 Å². The molecule has 1 rings (SSSR count). The summed E-state index contributed by atoms with van der Waals surface area (Å²) in [5.41, 5.74) is 1.01. The lowest BCUT2D eigenvalue weighted by molar-refractivity contribution is -0.00000192. The van der Waals surface area contributed by atoms with E-state index in [2.05, 4.69) is 4.98 Å². The van der Waals surface area contributed by atoms with E-state index in [0.717, 1.165) is 5.69 Å². The quantitative estimate of drug-likeness (QED) is 0.512. The molecule has 1 aromatic heterocycles. The molecule has 1 heterocycles. The fraction of sp³-hybridized carbons (Fsp3) is 0.125. The third-order valence-electron chi connectivity index (χ3n) is 1.03. The monoisotopic (exact) mass is 154 g/mol. The van der Waals surface area contributed by atoms with Crippen molar-refractivity contribution in [3.8, 4) is 0 Å². The highest BCUT2D eigenvalue weighted by Crippen LogP contribution is 1.94. The van der Waals surface area contributed by atoms with Crippen molar-refractivity contribution in [1.82, 2.24) is 4.98 Å². The van der Waals surface area contributed by atoms with Gasteiger partial charge in [0.2, 0.25) is 0 Å². The van der Waals surface area contributed by atoms with Gasteiger partial charge in [0.15, 0.2) is 0 Å². The normalized spacial score (nSPS) is 9.30. The Labute approximate surface area is 67.2 Å². The van der Waals surface area contributed by atoms with E-state index in [1.165, 1.54) is 0 Å². The van der Waals surface area contributed by atoms with Gasteiger partial charge in [0.05, 0.1) is 5.69 Å². The minimum absolute atomic E-state index is 0. The van der Waals surface area contributed by atoms with Crippen LogP contribution in [0.3, 0.4) is 0 Å². The number of pyridine rings is 1. The van der Waals surface area contributed by atoms with Gasteiger partial charge >= 0.3 is 0 Å². The van der Waals surface area contributed by atoms with Crippen LogP contribution in [0.2, 0.25) is 0 Å². The first-order valence-corrected chi connectivity index (χ1v) is 2.97. The molecular formula is C8H9ClN-. The number of aromatic nitrogens is 1. The highest BCUT2D eigenvalue weighted by atomic mass is 35.5. The molecule has 0 aromatic carbocycles. The van der Waals surface area contributed by atoms with Crippen molar-refractivity contribution >= 4 is 6.08 Å². The van der Waals surface area contributed by atoms with Gasteiger partial charge in [0.25, 0.3) is 0 Å². The van der Waals surface area contributed by atoms with Crippen molar-refractivity contribution in [1.29, 1.82) is 0 Å². The Hall–Kier alpha value is -0.820. The second-order valence-electron chi connectivity index (χ2n) is 1.75. The molecule has 0 unspecified atom stereocenters. The van der Waals surface area contributed by atoms with Gasteiger partial charge in [-0.15, -0.1) is 0 Å². The average Bonchev–Trinajstić information content (AvgIpc) is 1.91. The molecule has 0 amide bonds. The average molecular weight is 155 g/mol. The van der Waals surface area contributed by atoms with Crippen LogP contribution < -0.4 is 12.4 Å². The molecule has 0 aliphatic carbocycles. The van der Waals surface area contributed by atoms with E-state index in [4.69, 9.17) is 0 Å². The van der Waals surface area contributed by atoms with Crippen LogP contribution in [0.1, 0.15) is 12.6 Å². The number of nitrogens with zero attached hydrogens (tertiary/aromatic N) is 1. The van der Waals surface area contributed by atoms with Gasteiger partial charge in [-0.05, 0) is 25.1 Å². The molecule has 0 saturated carbocycles. The molecular weight excluding hydrogens is 146 g/mol. The van der Waals surface area contributed by atoms with Gasteiger partial charge in [-0.2, -0.15) is 0 Å². The van der Waals surface area contributed by atoms with Gasteiger partial charge in [-0.3, -0.25) is 4.98 Å². The summed E-state index contributed by atoms with van der Waals surface area (Å²) in [5, 5.41) is 0. The second-order valence-corrected chi connectivity index (χ2v) is 1.75. The molecule has 0 atom stereocenters. The highest BCUT2D eigenvalue weighted by Gasteiger charge is 1.79. The number of rotatable bonds is 1. The highest BCUT2D eigenvalue weighted by molar-refractivity contribution is 5.42. The Morgan fingerprint density at radius 1 is 1.40 bits per heavy atom. The Morgan fingerprint density at radius 2 is 2.20 bits per heavy atom. The number of allylic oxidation sites excluding steroid dienone is 1. The zero-order valence-electron chi connectivity index (χ0n) is 5.79. The van der Waals surface area contributed by atoms with Gasteiger partial charge in [-0.25, -0.2) is 0 Å². The van der Waals surface area contributed by atoms with E-state index in [0.29, 0.717) is 0 Å². The Morgan fingerprint density at radius 3 is 2.70 bits per heavy atom. The fourth-order valence-electron chi connectivity index (χ4n) is 0.645. The predicted octanol–water partition coefficient (Wildman–Crippen LogP) is -0.881. The molecule has 0 aliphatic rings. The maximum atomic E-state index is 4.08. The largest absolute Gasteiger partial charge is 1.00 e. The minimum atomic E-state index is 0. The van der Waals surface area contributed by atoms with Crippen molar-refractivity contribution < 1.29 is 12.4 Å². The first kappa shape index (κ1) is 9.18. The van der Waals surface area contributed by atoms with Gasteiger partial charge < -0.3 is 12.4 Å². The van der Waals surface area contributed by atoms with E-state index < -0.39 is 0 Å². The first-order chi connectivity index (χ1) is 4.43. The maximum Gasteiger partial charge on any atom is 0.0626 e. The molecule has 2 heteroatoms. The molecule has 0 fully saturated rings. The van der Waals surface area contributed by atoms with Crippen LogP contribution in [-0.4, -0.2) is 4.98 Å². The number of halogens is 1. The summed E-state index contributed by atoms with van der Waals surface area (Å²) in [6.45, 7) is 1.98. The lowest BCUT2D eigenvalue weighted by Crippen LogP contribution is -3.00. The standard InChI is InChI=1S/C8H9N.ClH/c1-2-5-8-6-3-4-7-9-8;/h2-7H,1H3;1H/p-1/b5-2+;. The van der Waals surface area contributed by atoms with Crippen LogP contribution in [0.25, 0.3) is 6.08 Å². The molecule has 0 spiro atoms. The Bertz CT molecular complexity index is 194. The summed E-state index contributed by atoms with van der Waals surface area (Å²) in [5.74, 6) is 0. The van der Waals surface area contributed by atoms with Crippen LogP contribution in [0.5, 0.6) is 0 Å². The van der Waals surface area contributed by atoms with Gasteiger partial charge in [-0.1, -0.05) is 12.1 Å². The third-order valence-corrected chi connectivity index (χ3v) is 1.03. The Balaban J connectivity index is 0.000000810. The molecule has 0 N–H and O–H groups in total. The zero-order valence-corrected chi connectivity index (χ0v) is 6.55. The SMILES string of the molecule is C/C=C/c1ccccn1.[Cl-]. The molecule has 10 heavy (non-hydrogen) atoms. The van der Waals surface area contributed by atoms with Crippen LogP contribution in [0.15, 0.2) is 30.5 Å². The van der Waals surface area contributed by atoms with Crippen molar-refractivity contribution in [2.75, 3.05) is 0 Å². The van der Waals surface area contributed by atoms with Crippen LogP contribution in [-0.2, 0) is 0 Å². The summed E-state index contributed by atoms with van der Waals surface area (Å²) in [6.07, 6.45) is 5.73. The second kappa shape index (κ2) is 5.00. The van der Waals surface area contributed by atoms with E-state index >= 15 is 0 Å². The summed E-state index contributed by atoms with van der Waals surface area (Å²) >= 11 is 0. The molecule has 1 aromatic rings. The summed E-state index contributed by atoms with van der Waals surface area (Å²) < 4.78 is 0. The topological polar surface area (TPSA) is 12.9 Å². The summed E-state index contributed by atoms with van der Waals surface area (Å²) in [6, 6.07) is 5.86. The van der Waals surface area contributed by atoms with Gasteiger partial charge in [0, 0.05) is 6.20 Å². The minimum Gasteiger partial charge on any atom is -1.00 e. The predicted molar refractivity (Wildman–Crippen MR) is 38.9 cm³/mol. The van der Waals surface area contributed by atoms with Crippen LogP contribution >= 0.6 is 0 Å². The third kappa shape index (κ3) is 2.65. The Kier molecular flexibility index (Phi) is 4.59. The van der Waals surface area contributed by atoms with Crippen molar-refractivity contribution in [3.05, 3.63) is 36.2 Å². The van der Waals surface area contributed by atoms with Crippen molar-refractivity contribution in [2.24, 2.45) is 0 Å². The molecule has 54 valence electrons. The smallest absolute Gasteiger partial charge is 0.0626 e. The van der Waals surface area contributed by atoms with E-state index in [1.807, 2.05) is 37.3 Å². The van der Waals surface area contributed by atoms with Crippen molar-refractivity contribution in [2.45, 2.75) is 6.92 Å². The molecule has 1 nitrogen and oxygen atoms in total. The number of hydrogen-bond donors (Lipinski definition) is 0. The molecule has 0 radical (unpaired) electrons. The van der Waals surface area contributed by atoms with Crippen LogP contribution in [0.4, 0.5) is 0 Å². The lowest BCUT2D eigenvalue weighted by Gasteiger charge is -1.86. The fourth-order valence-corrected chi connectivity index (χ4v) is 0.645. The first-order valence-electron chi connectivity index (χ1n) is 2.97. The summed E-state index contributed by atoms with van der Waals surface area (Å²) in [7, 11) is 0. The maximum absolute atomic E-state index is 4.08. The molecule has 0 bridgehead atoms. The van der Waals surface area contributed by atoms with Crippen LogP contribution in [0, 0.1) is 0 Å². The summed E-state index contributed by atoms with van der Waals surface area (Å²) in [4.78, 5) is 4.08. The lowest BCUT2D eigenvalue weighted by atomic mass is 10.3. The zero-order chi connectivity index (χ0) is 6.53. The molecule has 0 aliphatic heterocycles. The van der Waals surface area contributed by atoms with E-state index in [9.17, 15) is 0 Å². The van der Waals surface area contributed by atoms with Gasteiger partial charge in [0.1, 0.15) is 0 Å². The van der Waals surface area contributed by atoms with Crippen molar-refractivity contribution in [3.63, 3.8) is 0 Å². The van der Waals surface area contributed by atoms with E-state index in [1.54, 1.807) is 6.20 Å². The number of hydrogen-bond acceptors (Lipinski definition) is 1. The molecule has 0 saturated heterocycles.